The van der Waals surface area contributed by atoms with E-state index in [1.54, 1.807) is 24.5 Å². The van der Waals surface area contributed by atoms with Crippen LogP contribution in [0.1, 0.15) is 60.5 Å². The molecule has 0 spiro atoms. The number of hydrogen-bond donors (Lipinski definition) is 0. The quantitative estimate of drug-likeness (QED) is 0.366. The van der Waals surface area contributed by atoms with Gasteiger partial charge in [0.15, 0.2) is 5.78 Å². The van der Waals surface area contributed by atoms with E-state index < -0.39 is 0 Å². The van der Waals surface area contributed by atoms with Gasteiger partial charge in [-0.05, 0) is 43.9 Å². The summed E-state index contributed by atoms with van der Waals surface area (Å²) in [5.41, 5.74) is 2.59. The molecule has 0 aliphatic carbocycles. The second-order valence-corrected chi connectivity index (χ2v) is 5.98. The highest BCUT2D eigenvalue weighted by molar-refractivity contribution is 6.08. The molecule has 0 saturated carbocycles. The molecule has 0 fully saturated rings. The van der Waals surface area contributed by atoms with Crippen LogP contribution in [-0.4, -0.2) is 23.3 Å². The fraction of sp³-hybridized carbons (Fsp3) is 0.381. The molecule has 0 radical (unpaired) electrons. The van der Waals surface area contributed by atoms with Crippen molar-refractivity contribution in [3.63, 3.8) is 0 Å². The van der Waals surface area contributed by atoms with Gasteiger partial charge in [0.1, 0.15) is 0 Å². The van der Waals surface area contributed by atoms with Crippen LogP contribution in [0.4, 0.5) is 0 Å². The summed E-state index contributed by atoms with van der Waals surface area (Å²) in [5.74, 6) is -0.0788. The maximum Gasteiger partial charge on any atom is 0.305 e. The van der Waals surface area contributed by atoms with E-state index in [4.69, 9.17) is 4.74 Å². The van der Waals surface area contributed by atoms with E-state index >= 15 is 0 Å². The van der Waals surface area contributed by atoms with Crippen molar-refractivity contribution in [1.29, 1.82) is 0 Å². The number of unbranched alkanes of at least 4 members (excludes halogenated alkanes) is 3. The second-order valence-electron chi connectivity index (χ2n) is 5.98. The number of benzene rings is 1. The number of aryl methyl sites for hydroxylation is 1. The molecule has 0 amide bonds. The van der Waals surface area contributed by atoms with Gasteiger partial charge in [-0.15, -0.1) is 0 Å². The van der Waals surface area contributed by atoms with Crippen molar-refractivity contribution in [3.05, 3.63) is 65.5 Å². The van der Waals surface area contributed by atoms with Gasteiger partial charge in [0.05, 0.1) is 6.61 Å². The van der Waals surface area contributed by atoms with Crippen LogP contribution in [0.25, 0.3) is 0 Å². The molecule has 4 heteroatoms. The SMILES string of the molecule is CCOC(=O)CCCCCCc1ccc(C(=O)c2ccncc2)cc1. The van der Waals surface area contributed by atoms with Crippen LogP contribution < -0.4 is 0 Å². The van der Waals surface area contributed by atoms with Crippen LogP contribution in [0, 0.1) is 0 Å². The van der Waals surface area contributed by atoms with Crippen molar-refractivity contribution in [2.75, 3.05) is 6.61 Å². The molecule has 0 bridgehead atoms. The van der Waals surface area contributed by atoms with Gasteiger partial charge < -0.3 is 4.74 Å². The lowest BCUT2D eigenvalue weighted by Gasteiger charge is -2.05. The highest BCUT2D eigenvalue weighted by atomic mass is 16.5. The Balaban J connectivity index is 1.70. The lowest BCUT2D eigenvalue weighted by atomic mass is 10.0. The first-order valence-corrected chi connectivity index (χ1v) is 8.90. The van der Waals surface area contributed by atoms with Crippen LogP contribution in [0.2, 0.25) is 0 Å². The number of carbonyl (C=O) groups is 2. The zero-order chi connectivity index (χ0) is 17.9. The summed E-state index contributed by atoms with van der Waals surface area (Å²) in [5, 5.41) is 0. The molecule has 25 heavy (non-hydrogen) atoms. The molecule has 0 atom stereocenters. The molecule has 2 aromatic rings. The summed E-state index contributed by atoms with van der Waals surface area (Å²) >= 11 is 0. The second kappa shape index (κ2) is 10.4. The standard InChI is InChI=1S/C21H25NO3/c1-2-25-20(23)8-6-4-3-5-7-17-9-11-18(12-10-17)21(24)19-13-15-22-16-14-19/h9-16H,2-8H2,1H3. The Morgan fingerprint density at radius 2 is 1.52 bits per heavy atom. The maximum atomic E-state index is 12.3. The molecule has 1 aromatic heterocycles. The highest BCUT2D eigenvalue weighted by Crippen LogP contribution is 2.13. The number of carbonyl (C=O) groups excluding carboxylic acids is 2. The number of nitrogens with zero attached hydrogens (tertiary/aromatic N) is 1. The van der Waals surface area contributed by atoms with Crippen molar-refractivity contribution in [1.82, 2.24) is 4.98 Å². The molecule has 4 nitrogen and oxygen atoms in total. The van der Waals surface area contributed by atoms with E-state index in [9.17, 15) is 9.59 Å². The lowest BCUT2D eigenvalue weighted by molar-refractivity contribution is -0.143. The number of aromatic nitrogens is 1. The molecule has 0 aliphatic heterocycles. The predicted molar refractivity (Wildman–Crippen MR) is 97.5 cm³/mol. The van der Waals surface area contributed by atoms with Gasteiger partial charge in [-0.3, -0.25) is 14.6 Å². The molecule has 0 saturated heterocycles. The Morgan fingerprint density at radius 1 is 0.880 bits per heavy atom. The highest BCUT2D eigenvalue weighted by Gasteiger charge is 2.08. The Hall–Kier alpha value is -2.49. The minimum absolute atomic E-state index is 0.0212. The van der Waals surface area contributed by atoms with Crippen molar-refractivity contribution >= 4 is 11.8 Å². The monoisotopic (exact) mass is 339 g/mol. The minimum atomic E-state index is -0.100. The average Bonchev–Trinajstić information content (AvgIpc) is 2.65. The molecule has 1 aromatic carbocycles. The van der Waals surface area contributed by atoms with E-state index in [1.807, 2.05) is 31.2 Å². The Bertz CT molecular complexity index is 665. The topological polar surface area (TPSA) is 56.3 Å². The number of hydrogen-bond acceptors (Lipinski definition) is 4. The smallest absolute Gasteiger partial charge is 0.305 e. The van der Waals surface area contributed by atoms with Gasteiger partial charge >= 0.3 is 5.97 Å². The van der Waals surface area contributed by atoms with Crippen LogP contribution in [0.15, 0.2) is 48.8 Å². The third-order valence-electron chi connectivity index (χ3n) is 4.06. The Morgan fingerprint density at radius 3 is 2.20 bits per heavy atom. The lowest BCUT2D eigenvalue weighted by Crippen LogP contribution is -2.03. The van der Waals surface area contributed by atoms with Gasteiger partial charge in [-0.1, -0.05) is 37.1 Å². The molecule has 2 rings (SSSR count). The fourth-order valence-corrected chi connectivity index (χ4v) is 2.68. The van der Waals surface area contributed by atoms with Crippen LogP contribution in [0.3, 0.4) is 0 Å². The van der Waals surface area contributed by atoms with Crippen LogP contribution in [0.5, 0.6) is 0 Å². The summed E-state index contributed by atoms with van der Waals surface area (Å²) < 4.78 is 4.91. The fourth-order valence-electron chi connectivity index (χ4n) is 2.68. The first-order valence-electron chi connectivity index (χ1n) is 8.90. The third kappa shape index (κ3) is 6.49. The first-order chi connectivity index (χ1) is 12.2. The van der Waals surface area contributed by atoms with Crippen molar-refractivity contribution in [3.8, 4) is 0 Å². The zero-order valence-corrected chi connectivity index (χ0v) is 14.7. The number of rotatable bonds is 10. The normalized spacial score (nSPS) is 10.4. The number of esters is 1. The van der Waals surface area contributed by atoms with Crippen LogP contribution >= 0.6 is 0 Å². The first kappa shape index (κ1) is 18.8. The van der Waals surface area contributed by atoms with Gasteiger partial charge in [0.2, 0.25) is 0 Å². The van der Waals surface area contributed by atoms with Crippen LogP contribution in [-0.2, 0) is 16.0 Å². The van der Waals surface area contributed by atoms with E-state index in [0.717, 1.165) is 32.1 Å². The number of pyridine rings is 1. The van der Waals surface area contributed by atoms with E-state index in [2.05, 4.69) is 4.98 Å². The molecular formula is C21H25NO3. The van der Waals surface area contributed by atoms with Gasteiger partial charge in [0.25, 0.3) is 0 Å². The summed E-state index contributed by atoms with van der Waals surface area (Å²) in [6.07, 6.45) is 8.86. The number of ketones is 1. The summed E-state index contributed by atoms with van der Waals surface area (Å²) in [4.78, 5) is 27.5. The van der Waals surface area contributed by atoms with Crippen molar-refractivity contribution < 1.29 is 14.3 Å². The molecule has 132 valence electrons. The Kier molecular flexibility index (Phi) is 7.83. The summed E-state index contributed by atoms with van der Waals surface area (Å²) in [6, 6.07) is 11.3. The Labute approximate surface area is 149 Å². The maximum absolute atomic E-state index is 12.3. The zero-order valence-electron chi connectivity index (χ0n) is 14.7. The summed E-state index contributed by atoms with van der Waals surface area (Å²) in [6.45, 7) is 2.28. The number of ether oxygens (including phenoxy) is 1. The largest absolute Gasteiger partial charge is 0.466 e. The van der Waals surface area contributed by atoms with Crippen molar-refractivity contribution in [2.45, 2.75) is 45.4 Å². The molecule has 0 unspecified atom stereocenters. The van der Waals surface area contributed by atoms with E-state index in [0.29, 0.717) is 24.2 Å². The average molecular weight is 339 g/mol. The van der Waals surface area contributed by atoms with Gasteiger partial charge in [0, 0.05) is 29.9 Å². The molecule has 0 aliphatic rings. The van der Waals surface area contributed by atoms with E-state index in [1.165, 1.54) is 5.56 Å². The third-order valence-corrected chi connectivity index (χ3v) is 4.06. The molecule has 0 N–H and O–H groups in total. The van der Waals surface area contributed by atoms with Gasteiger partial charge in [-0.2, -0.15) is 0 Å². The van der Waals surface area contributed by atoms with E-state index in [-0.39, 0.29) is 11.8 Å². The molecule has 1 heterocycles. The van der Waals surface area contributed by atoms with Gasteiger partial charge in [-0.25, -0.2) is 0 Å². The van der Waals surface area contributed by atoms with Crippen molar-refractivity contribution in [2.24, 2.45) is 0 Å². The predicted octanol–water partition coefficient (Wildman–Crippen LogP) is 4.37. The minimum Gasteiger partial charge on any atom is -0.466 e. The molecular weight excluding hydrogens is 314 g/mol. The summed E-state index contributed by atoms with van der Waals surface area (Å²) in [7, 11) is 0.